The molecule has 1 N–H and O–H groups in total. The minimum absolute atomic E-state index is 0.0646. The van der Waals surface area contributed by atoms with Crippen LogP contribution in [0.15, 0.2) is 22.7 Å². The lowest BCUT2D eigenvalue weighted by atomic mass is 10.1. The number of anilines is 1. The molecule has 1 atom stereocenters. The molecule has 0 bridgehead atoms. The molecule has 1 aromatic carbocycles. The van der Waals surface area contributed by atoms with Crippen LogP contribution in [0.2, 0.25) is 0 Å². The third-order valence-electron chi connectivity index (χ3n) is 2.95. The van der Waals surface area contributed by atoms with Crippen molar-refractivity contribution in [3.63, 3.8) is 0 Å². The van der Waals surface area contributed by atoms with Crippen LogP contribution in [0.4, 0.5) is 5.69 Å². The zero-order valence-corrected chi connectivity index (χ0v) is 11.2. The Hall–Kier alpha value is -1.36. The molecule has 0 saturated carbocycles. The minimum Gasteiger partial charge on any atom is -0.345 e. The first kappa shape index (κ1) is 12.1. The number of hydrogen-bond donors (Lipinski definition) is 1. The summed E-state index contributed by atoms with van der Waals surface area (Å²) in [6.45, 7) is 3.72. The van der Waals surface area contributed by atoms with Crippen LogP contribution >= 0.6 is 15.9 Å². The molecule has 90 valence electrons. The largest absolute Gasteiger partial charge is 0.345 e. The van der Waals surface area contributed by atoms with Crippen molar-refractivity contribution < 1.29 is 9.59 Å². The van der Waals surface area contributed by atoms with Gasteiger partial charge in [-0.3, -0.25) is 14.5 Å². The standard InChI is InChI=1S/C12H13BrN2O2/c1-7-9(13)4-3-5-10(7)15-8(2)12(17)14-6-11(15)16/h3-5,8H,6H2,1-2H3,(H,14,17). The summed E-state index contributed by atoms with van der Waals surface area (Å²) < 4.78 is 0.931. The molecule has 1 aliphatic rings. The fraction of sp³-hybridized carbons (Fsp3) is 0.333. The summed E-state index contributed by atoms with van der Waals surface area (Å²) in [5, 5.41) is 2.57. The predicted molar refractivity (Wildman–Crippen MR) is 68.8 cm³/mol. The van der Waals surface area contributed by atoms with E-state index >= 15 is 0 Å². The zero-order chi connectivity index (χ0) is 12.6. The van der Waals surface area contributed by atoms with E-state index in [0.717, 1.165) is 15.7 Å². The van der Waals surface area contributed by atoms with Crippen molar-refractivity contribution in [1.29, 1.82) is 0 Å². The molecule has 17 heavy (non-hydrogen) atoms. The number of benzene rings is 1. The van der Waals surface area contributed by atoms with Crippen LogP contribution in [0.25, 0.3) is 0 Å². The zero-order valence-electron chi connectivity index (χ0n) is 9.66. The lowest BCUT2D eigenvalue weighted by Gasteiger charge is -2.33. The minimum atomic E-state index is -0.468. The first-order valence-corrected chi connectivity index (χ1v) is 6.16. The van der Waals surface area contributed by atoms with E-state index in [9.17, 15) is 9.59 Å². The van der Waals surface area contributed by atoms with E-state index in [0.29, 0.717) is 0 Å². The van der Waals surface area contributed by atoms with Crippen molar-refractivity contribution in [1.82, 2.24) is 5.32 Å². The second-order valence-corrected chi connectivity index (χ2v) is 4.90. The van der Waals surface area contributed by atoms with Crippen LogP contribution in [0.1, 0.15) is 12.5 Å². The van der Waals surface area contributed by atoms with Crippen LogP contribution in [0.3, 0.4) is 0 Å². The maximum Gasteiger partial charge on any atom is 0.247 e. The number of nitrogens with zero attached hydrogens (tertiary/aromatic N) is 1. The number of rotatable bonds is 1. The highest BCUT2D eigenvalue weighted by atomic mass is 79.9. The van der Waals surface area contributed by atoms with Gasteiger partial charge in [0.2, 0.25) is 11.8 Å². The SMILES string of the molecule is Cc1c(Br)cccc1N1C(=O)CNC(=O)C1C. The Morgan fingerprint density at radius 3 is 2.82 bits per heavy atom. The molecule has 1 saturated heterocycles. The number of hydrogen-bond acceptors (Lipinski definition) is 2. The van der Waals surface area contributed by atoms with Gasteiger partial charge in [0.05, 0.1) is 6.54 Å². The number of carbonyl (C=O) groups excluding carboxylic acids is 2. The van der Waals surface area contributed by atoms with Gasteiger partial charge in [-0.2, -0.15) is 0 Å². The topological polar surface area (TPSA) is 49.4 Å². The third kappa shape index (κ3) is 2.07. The highest BCUT2D eigenvalue weighted by molar-refractivity contribution is 9.10. The smallest absolute Gasteiger partial charge is 0.247 e. The molecule has 1 aromatic rings. The Morgan fingerprint density at radius 1 is 1.41 bits per heavy atom. The van der Waals surface area contributed by atoms with Gasteiger partial charge < -0.3 is 5.32 Å². The summed E-state index contributed by atoms with van der Waals surface area (Å²) in [6.07, 6.45) is 0. The van der Waals surface area contributed by atoms with E-state index in [2.05, 4.69) is 21.2 Å². The molecule has 5 heteroatoms. The van der Waals surface area contributed by atoms with Crippen LogP contribution in [0, 0.1) is 6.92 Å². The first-order valence-electron chi connectivity index (χ1n) is 5.37. The van der Waals surface area contributed by atoms with Gasteiger partial charge in [0.15, 0.2) is 0 Å². The van der Waals surface area contributed by atoms with Crippen molar-refractivity contribution in [2.75, 3.05) is 11.4 Å². The third-order valence-corrected chi connectivity index (χ3v) is 3.81. The quantitative estimate of drug-likeness (QED) is 0.856. The number of piperazine rings is 1. The summed E-state index contributed by atoms with van der Waals surface area (Å²) >= 11 is 3.43. The van der Waals surface area contributed by atoms with Crippen LogP contribution in [0.5, 0.6) is 0 Å². The van der Waals surface area contributed by atoms with E-state index in [4.69, 9.17) is 0 Å². The van der Waals surface area contributed by atoms with Crippen molar-refractivity contribution in [2.24, 2.45) is 0 Å². The molecular weight excluding hydrogens is 284 g/mol. The average molecular weight is 297 g/mol. The molecule has 0 aliphatic carbocycles. The fourth-order valence-corrected chi connectivity index (χ4v) is 2.28. The molecule has 1 heterocycles. The Kier molecular flexibility index (Phi) is 3.19. The lowest BCUT2D eigenvalue weighted by molar-refractivity contribution is -0.130. The Morgan fingerprint density at radius 2 is 2.12 bits per heavy atom. The molecule has 1 unspecified atom stereocenters. The molecule has 1 aliphatic heterocycles. The predicted octanol–water partition coefficient (Wildman–Crippen LogP) is 1.61. The second kappa shape index (κ2) is 4.49. The fourth-order valence-electron chi connectivity index (χ4n) is 1.93. The van der Waals surface area contributed by atoms with E-state index in [-0.39, 0.29) is 18.4 Å². The molecular formula is C12H13BrN2O2. The maximum atomic E-state index is 11.9. The Labute approximate surface area is 108 Å². The van der Waals surface area contributed by atoms with Gasteiger partial charge in [0, 0.05) is 10.2 Å². The van der Waals surface area contributed by atoms with Crippen molar-refractivity contribution in [3.8, 4) is 0 Å². The number of nitrogens with one attached hydrogen (secondary N) is 1. The number of halogens is 1. The van der Waals surface area contributed by atoms with Gasteiger partial charge in [-0.1, -0.05) is 22.0 Å². The second-order valence-electron chi connectivity index (χ2n) is 4.04. The maximum absolute atomic E-state index is 11.9. The summed E-state index contributed by atoms with van der Waals surface area (Å²) in [7, 11) is 0. The molecule has 0 aromatic heterocycles. The number of amides is 2. The van der Waals surface area contributed by atoms with Crippen molar-refractivity contribution >= 4 is 33.4 Å². The van der Waals surface area contributed by atoms with Crippen molar-refractivity contribution in [3.05, 3.63) is 28.2 Å². The monoisotopic (exact) mass is 296 g/mol. The van der Waals surface area contributed by atoms with E-state index in [1.165, 1.54) is 0 Å². The molecule has 1 fully saturated rings. The van der Waals surface area contributed by atoms with E-state index in [1.807, 2.05) is 25.1 Å². The van der Waals surface area contributed by atoms with Crippen molar-refractivity contribution in [2.45, 2.75) is 19.9 Å². The van der Waals surface area contributed by atoms with Crippen LogP contribution in [-0.4, -0.2) is 24.4 Å². The lowest BCUT2D eigenvalue weighted by Crippen LogP contribution is -2.57. The molecule has 4 nitrogen and oxygen atoms in total. The highest BCUT2D eigenvalue weighted by Gasteiger charge is 2.32. The average Bonchev–Trinajstić information content (AvgIpc) is 2.30. The Bertz CT molecular complexity index is 487. The molecule has 0 radical (unpaired) electrons. The van der Waals surface area contributed by atoms with Gasteiger partial charge >= 0.3 is 0 Å². The van der Waals surface area contributed by atoms with Crippen LogP contribution in [-0.2, 0) is 9.59 Å². The Balaban J connectivity index is 2.47. The summed E-state index contributed by atoms with van der Waals surface area (Å²) in [4.78, 5) is 25.1. The van der Waals surface area contributed by atoms with E-state index in [1.54, 1.807) is 11.8 Å². The van der Waals surface area contributed by atoms with Gasteiger partial charge in [0.1, 0.15) is 6.04 Å². The summed E-state index contributed by atoms with van der Waals surface area (Å²) in [5.41, 5.74) is 1.74. The van der Waals surface area contributed by atoms with Crippen LogP contribution < -0.4 is 10.2 Å². The van der Waals surface area contributed by atoms with Gasteiger partial charge in [0.25, 0.3) is 0 Å². The summed E-state index contributed by atoms with van der Waals surface area (Å²) in [5.74, 6) is -0.206. The highest BCUT2D eigenvalue weighted by Crippen LogP contribution is 2.29. The van der Waals surface area contributed by atoms with Gasteiger partial charge in [-0.15, -0.1) is 0 Å². The number of carbonyl (C=O) groups is 2. The first-order chi connectivity index (χ1) is 8.02. The van der Waals surface area contributed by atoms with Gasteiger partial charge in [-0.25, -0.2) is 0 Å². The normalized spacial score (nSPS) is 20.4. The molecule has 0 spiro atoms. The molecule has 2 amide bonds. The van der Waals surface area contributed by atoms with E-state index < -0.39 is 6.04 Å². The molecule has 2 rings (SSSR count). The summed E-state index contributed by atoms with van der Waals surface area (Å²) in [6, 6.07) is 5.16. The van der Waals surface area contributed by atoms with Gasteiger partial charge in [-0.05, 0) is 31.5 Å².